The smallest absolute Gasteiger partial charge is 0.339 e. The van der Waals surface area contributed by atoms with Crippen molar-refractivity contribution in [3.63, 3.8) is 0 Å². The van der Waals surface area contributed by atoms with Crippen molar-refractivity contribution in [2.75, 3.05) is 5.32 Å². The number of aromatic carboxylic acids is 1. The molecule has 1 aromatic rings. The van der Waals surface area contributed by atoms with Crippen LogP contribution in [0, 0.1) is 11.2 Å². The minimum absolute atomic E-state index is 0.108. The van der Waals surface area contributed by atoms with Crippen molar-refractivity contribution >= 4 is 11.8 Å². The summed E-state index contributed by atoms with van der Waals surface area (Å²) in [5.74, 6) is -1.53. The fourth-order valence-corrected chi connectivity index (χ4v) is 2.73. The number of anilines is 1. The molecule has 5 heteroatoms. The molecule has 1 saturated carbocycles. The van der Waals surface area contributed by atoms with Crippen molar-refractivity contribution in [3.8, 4) is 0 Å². The lowest BCUT2D eigenvalue weighted by molar-refractivity contribution is 0.0697. The van der Waals surface area contributed by atoms with E-state index in [1.54, 1.807) is 0 Å². The summed E-state index contributed by atoms with van der Waals surface area (Å²) in [6.07, 6.45) is 5.28. The number of halogens is 1. The molecule has 0 aliphatic heterocycles. The fourth-order valence-electron chi connectivity index (χ4n) is 2.73. The second kappa shape index (κ2) is 5.15. The third-order valence-electron chi connectivity index (χ3n) is 3.63. The number of carboxylic acid groups (broad SMARTS) is 1. The van der Waals surface area contributed by atoms with Gasteiger partial charge in [-0.1, -0.05) is 20.3 Å². The Bertz CT molecular complexity index is 488. The molecule has 1 fully saturated rings. The Balaban J connectivity index is 2.17. The summed E-state index contributed by atoms with van der Waals surface area (Å²) in [5.41, 5.74) is 0.141. The SMILES string of the molecule is CC1(C)CCCC(Nc2ncc(F)cc2C(=O)O)C1. The first-order valence-electron chi connectivity index (χ1n) is 6.53. The van der Waals surface area contributed by atoms with Gasteiger partial charge in [0.25, 0.3) is 0 Å². The van der Waals surface area contributed by atoms with Crippen LogP contribution in [0.2, 0.25) is 0 Å². The standard InChI is InChI=1S/C14H19FN2O2/c1-14(2)5-3-4-10(7-14)17-12-11(13(18)19)6-9(15)8-16-12/h6,8,10H,3-5,7H2,1-2H3,(H,16,17)(H,18,19). The molecule has 2 rings (SSSR count). The van der Waals surface area contributed by atoms with Gasteiger partial charge in [0, 0.05) is 6.04 Å². The summed E-state index contributed by atoms with van der Waals surface area (Å²) in [6.45, 7) is 4.41. The molecule has 0 amide bonds. The van der Waals surface area contributed by atoms with Gasteiger partial charge in [-0.05, 0) is 30.7 Å². The van der Waals surface area contributed by atoms with Crippen LogP contribution in [0.1, 0.15) is 49.9 Å². The van der Waals surface area contributed by atoms with Crippen LogP contribution in [0.4, 0.5) is 10.2 Å². The van der Waals surface area contributed by atoms with Gasteiger partial charge in [-0.25, -0.2) is 14.2 Å². The Morgan fingerprint density at radius 2 is 2.32 bits per heavy atom. The highest BCUT2D eigenvalue weighted by molar-refractivity contribution is 5.93. The van der Waals surface area contributed by atoms with Crippen LogP contribution in [0.3, 0.4) is 0 Å². The fraction of sp³-hybridized carbons (Fsp3) is 0.571. The molecule has 0 bridgehead atoms. The molecule has 1 aliphatic rings. The van der Waals surface area contributed by atoms with Crippen molar-refractivity contribution < 1.29 is 14.3 Å². The maximum absolute atomic E-state index is 13.1. The highest BCUT2D eigenvalue weighted by atomic mass is 19.1. The molecule has 0 radical (unpaired) electrons. The van der Waals surface area contributed by atoms with Crippen LogP contribution in [-0.2, 0) is 0 Å². The molecule has 19 heavy (non-hydrogen) atoms. The number of carbonyl (C=O) groups is 1. The van der Waals surface area contributed by atoms with Gasteiger partial charge >= 0.3 is 5.97 Å². The number of aromatic nitrogens is 1. The van der Waals surface area contributed by atoms with Crippen LogP contribution >= 0.6 is 0 Å². The summed E-state index contributed by atoms with van der Waals surface area (Å²) in [7, 11) is 0. The Morgan fingerprint density at radius 3 is 2.95 bits per heavy atom. The predicted molar refractivity (Wildman–Crippen MR) is 70.8 cm³/mol. The van der Waals surface area contributed by atoms with Crippen molar-refractivity contribution in [1.82, 2.24) is 4.98 Å². The van der Waals surface area contributed by atoms with Crippen molar-refractivity contribution in [3.05, 3.63) is 23.6 Å². The number of carboxylic acids is 1. The third kappa shape index (κ3) is 3.43. The minimum atomic E-state index is -1.16. The molecule has 4 nitrogen and oxygen atoms in total. The second-order valence-corrected chi connectivity index (χ2v) is 5.96. The van der Waals surface area contributed by atoms with E-state index in [-0.39, 0.29) is 22.8 Å². The second-order valence-electron chi connectivity index (χ2n) is 5.96. The normalized spacial score (nSPS) is 21.9. The van der Waals surface area contributed by atoms with E-state index in [0.717, 1.165) is 31.5 Å². The van der Waals surface area contributed by atoms with Crippen LogP contribution in [0.5, 0.6) is 0 Å². The Morgan fingerprint density at radius 1 is 1.58 bits per heavy atom. The van der Waals surface area contributed by atoms with E-state index in [2.05, 4.69) is 24.1 Å². The molecule has 0 aromatic carbocycles. The van der Waals surface area contributed by atoms with E-state index < -0.39 is 11.8 Å². The lowest BCUT2D eigenvalue weighted by Gasteiger charge is -2.35. The van der Waals surface area contributed by atoms with Gasteiger partial charge in [-0.3, -0.25) is 0 Å². The molecule has 104 valence electrons. The maximum atomic E-state index is 13.1. The van der Waals surface area contributed by atoms with Gasteiger partial charge in [-0.2, -0.15) is 0 Å². The zero-order valence-electron chi connectivity index (χ0n) is 11.2. The molecule has 1 atom stereocenters. The van der Waals surface area contributed by atoms with E-state index in [0.29, 0.717) is 0 Å². The Hall–Kier alpha value is -1.65. The van der Waals surface area contributed by atoms with Gasteiger partial charge in [0.05, 0.1) is 6.20 Å². The molecule has 1 aromatic heterocycles. The van der Waals surface area contributed by atoms with Gasteiger partial charge in [0.2, 0.25) is 0 Å². The van der Waals surface area contributed by atoms with Crippen LogP contribution in [0.15, 0.2) is 12.3 Å². The highest BCUT2D eigenvalue weighted by Gasteiger charge is 2.28. The van der Waals surface area contributed by atoms with Gasteiger partial charge in [0.1, 0.15) is 17.2 Å². The van der Waals surface area contributed by atoms with Crippen LogP contribution < -0.4 is 5.32 Å². The van der Waals surface area contributed by atoms with Crippen LogP contribution in [-0.4, -0.2) is 22.1 Å². The number of hydrogen-bond donors (Lipinski definition) is 2. The summed E-state index contributed by atoms with van der Waals surface area (Å²) in [6, 6.07) is 1.20. The van der Waals surface area contributed by atoms with Crippen molar-refractivity contribution in [1.29, 1.82) is 0 Å². The van der Waals surface area contributed by atoms with Gasteiger partial charge < -0.3 is 10.4 Å². The molecule has 2 N–H and O–H groups in total. The monoisotopic (exact) mass is 266 g/mol. The Kier molecular flexibility index (Phi) is 3.73. The van der Waals surface area contributed by atoms with E-state index in [1.165, 1.54) is 6.42 Å². The largest absolute Gasteiger partial charge is 0.478 e. The zero-order valence-corrected chi connectivity index (χ0v) is 11.2. The third-order valence-corrected chi connectivity index (χ3v) is 3.63. The lowest BCUT2D eigenvalue weighted by atomic mass is 9.75. The lowest BCUT2D eigenvalue weighted by Crippen LogP contribution is -2.32. The predicted octanol–water partition coefficient (Wildman–Crippen LogP) is 3.30. The average molecular weight is 266 g/mol. The maximum Gasteiger partial charge on any atom is 0.339 e. The number of nitrogens with one attached hydrogen (secondary N) is 1. The van der Waals surface area contributed by atoms with E-state index in [4.69, 9.17) is 5.11 Å². The molecule has 1 unspecified atom stereocenters. The van der Waals surface area contributed by atoms with Crippen molar-refractivity contribution in [2.24, 2.45) is 5.41 Å². The van der Waals surface area contributed by atoms with Gasteiger partial charge in [-0.15, -0.1) is 0 Å². The molecule has 1 heterocycles. The minimum Gasteiger partial charge on any atom is -0.478 e. The first-order valence-corrected chi connectivity index (χ1v) is 6.53. The van der Waals surface area contributed by atoms with Crippen LogP contribution in [0.25, 0.3) is 0 Å². The molecule has 0 saturated heterocycles. The van der Waals surface area contributed by atoms with E-state index >= 15 is 0 Å². The molecule has 0 spiro atoms. The number of nitrogens with zero attached hydrogens (tertiary/aromatic N) is 1. The molecular weight excluding hydrogens is 247 g/mol. The summed E-state index contributed by atoms with van der Waals surface area (Å²) in [4.78, 5) is 15.0. The molecule has 1 aliphatic carbocycles. The first kappa shape index (κ1) is 13.8. The van der Waals surface area contributed by atoms with Gasteiger partial charge in [0.15, 0.2) is 0 Å². The summed E-state index contributed by atoms with van der Waals surface area (Å²) >= 11 is 0. The number of pyridine rings is 1. The quantitative estimate of drug-likeness (QED) is 0.881. The zero-order chi connectivity index (χ0) is 14.0. The Labute approximate surface area is 112 Å². The average Bonchev–Trinajstić information content (AvgIpc) is 2.30. The van der Waals surface area contributed by atoms with E-state index in [9.17, 15) is 9.18 Å². The topological polar surface area (TPSA) is 62.2 Å². The highest BCUT2D eigenvalue weighted by Crippen LogP contribution is 2.36. The summed E-state index contributed by atoms with van der Waals surface area (Å²) < 4.78 is 13.1. The van der Waals surface area contributed by atoms with Crippen molar-refractivity contribution in [2.45, 2.75) is 45.6 Å². The summed E-state index contributed by atoms with van der Waals surface area (Å²) in [5, 5.41) is 12.2. The van der Waals surface area contributed by atoms with E-state index in [1.807, 2.05) is 0 Å². The first-order chi connectivity index (χ1) is 8.87. The number of rotatable bonds is 3. The molecular formula is C14H19FN2O2. The number of hydrogen-bond acceptors (Lipinski definition) is 3.